The summed E-state index contributed by atoms with van der Waals surface area (Å²) >= 11 is 0. The number of benzene rings is 2. The summed E-state index contributed by atoms with van der Waals surface area (Å²) in [5.74, 6) is 0.485. The van der Waals surface area contributed by atoms with Gasteiger partial charge in [-0.3, -0.25) is 9.69 Å². The van der Waals surface area contributed by atoms with E-state index in [1.807, 2.05) is 19.1 Å². The first kappa shape index (κ1) is 24.6. The lowest BCUT2D eigenvalue weighted by molar-refractivity contribution is -0.0346. The van der Waals surface area contributed by atoms with Gasteiger partial charge in [0.05, 0.1) is 14.2 Å². The first-order valence-corrected chi connectivity index (χ1v) is 12.3. The second-order valence-electron chi connectivity index (χ2n) is 9.95. The molecule has 1 aliphatic heterocycles. The number of hydrogen-bond acceptors (Lipinski definition) is 4. The van der Waals surface area contributed by atoms with Crippen molar-refractivity contribution in [3.63, 3.8) is 0 Å². The summed E-state index contributed by atoms with van der Waals surface area (Å²) in [5, 5.41) is 0. The summed E-state index contributed by atoms with van der Waals surface area (Å²) in [7, 11) is 3.11. The molecule has 6 heteroatoms. The number of Topliss-reactive ketones (excluding diaryl/α,β-unsaturated/α-hetero) is 1. The van der Waals surface area contributed by atoms with Gasteiger partial charge in [-0.05, 0) is 62.8 Å². The lowest BCUT2D eigenvalue weighted by Gasteiger charge is -2.47. The molecule has 1 heterocycles. The SMILES string of the molecule is CCCC1CC(F)(CC2Cc3cc(OC)c(OC)cc3C2=O)CC(C)N1Cc1ccccc1F. The van der Waals surface area contributed by atoms with Gasteiger partial charge in [-0.2, -0.15) is 0 Å². The number of likely N-dealkylation sites (tertiary alicyclic amines) is 1. The number of carbonyl (C=O) groups excluding carboxylic acids is 1. The third-order valence-electron chi connectivity index (χ3n) is 7.55. The zero-order valence-corrected chi connectivity index (χ0v) is 20.6. The normalized spacial score (nSPS) is 27.0. The number of nitrogens with zero attached hydrogens (tertiary/aromatic N) is 1. The van der Waals surface area contributed by atoms with E-state index in [2.05, 4.69) is 11.8 Å². The van der Waals surface area contributed by atoms with Crippen molar-refractivity contribution >= 4 is 5.78 Å². The van der Waals surface area contributed by atoms with Gasteiger partial charge in [-0.1, -0.05) is 31.5 Å². The zero-order valence-electron chi connectivity index (χ0n) is 20.6. The van der Waals surface area contributed by atoms with E-state index in [9.17, 15) is 9.18 Å². The van der Waals surface area contributed by atoms with Crippen LogP contribution in [-0.4, -0.2) is 42.7 Å². The van der Waals surface area contributed by atoms with Gasteiger partial charge in [0, 0.05) is 35.7 Å². The van der Waals surface area contributed by atoms with Gasteiger partial charge in [0.25, 0.3) is 0 Å². The highest BCUT2D eigenvalue weighted by molar-refractivity contribution is 6.03. The lowest BCUT2D eigenvalue weighted by Crippen LogP contribution is -2.53. The average molecular weight is 472 g/mol. The molecule has 34 heavy (non-hydrogen) atoms. The summed E-state index contributed by atoms with van der Waals surface area (Å²) in [6, 6.07) is 10.3. The van der Waals surface area contributed by atoms with Crippen molar-refractivity contribution in [3.05, 3.63) is 58.9 Å². The van der Waals surface area contributed by atoms with Crippen LogP contribution in [0.5, 0.6) is 11.5 Å². The summed E-state index contributed by atoms with van der Waals surface area (Å²) in [6.45, 7) is 4.60. The van der Waals surface area contributed by atoms with Crippen molar-refractivity contribution in [1.29, 1.82) is 0 Å². The Labute approximate surface area is 201 Å². The fraction of sp³-hybridized carbons (Fsp3) is 0.536. The van der Waals surface area contributed by atoms with Crippen LogP contribution in [0.4, 0.5) is 8.78 Å². The Bertz CT molecular complexity index is 1040. The van der Waals surface area contributed by atoms with E-state index in [0.29, 0.717) is 48.4 Å². The van der Waals surface area contributed by atoms with Crippen molar-refractivity contribution in [3.8, 4) is 11.5 Å². The van der Waals surface area contributed by atoms with Gasteiger partial charge in [0.1, 0.15) is 11.5 Å². The van der Waals surface area contributed by atoms with Gasteiger partial charge in [0.15, 0.2) is 17.3 Å². The third kappa shape index (κ3) is 4.83. The predicted molar refractivity (Wildman–Crippen MR) is 129 cm³/mol. The van der Waals surface area contributed by atoms with Crippen molar-refractivity contribution < 1.29 is 23.0 Å². The summed E-state index contributed by atoms with van der Waals surface area (Å²) < 4.78 is 41.5. The number of rotatable bonds is 8. The molecule has 4 atom stereocenters. The first-order chi connectivity index (χ1) is 16.3. The Kier molecular flexibility index (Phi) is 7.27. The van der Waals surface area contributed by atoms with Crippen molar-refractivity contribution in [2.75, 3.05) is 14.2 Å². The van der Waals surface area contributed by atoms with Crippen LogP contribution in [0.1, 0.15) is 67.4 Å². The number of halogens is 2. The van der Waals surface area contributed by atoms with Crippen LogP contribution in [0.2, 0.25) is 0 Å². The van der Waals surface area contributed by atoms with Crippen molar-refractivity contribution in [2.24, 2.45) is 5.92 Å². The number of piperidine rings is 1. The maximum Gasteiger partial charge on any atom is 0.166 e. The maximum absolute atomic E-state index is 16.4. The number of alkyl halides is 1. The minimum Gasteiger partial charge on any atom is -0.493 e. The topological polar surface area (TPSA) is 38.8 Å². The molecule has 2 aliphatic rings. The molecule has 0 spiro atoms. The van der Waals surface area contributed by atoms with E-state index in [-0.39, 0.29) is 36.0 Å². The van der Waals surface area contributed by atoms with E-state index in [4.69, 9.17) is 9.47 Å². The highest BCUT2D eigenvalue weighted by Crippen LogP contribution is 2.45. The third-order valence-corrected chi connectivity index (χ3v) is 7.55. The van der Waals surface area contributed by atoms with Crippen LogP contribution in [-0.2, 0) is 13.0 Å². The second-order valence-corrected chi connectivity index (χ2v) is 9.95. The number of fused-ring (bicyclic) bond motifs is 1. The summed E-state index contributed by atoms with van der Waals surface area (Å²) in [6.07, 6.45) is 3.21. The highest BCUT2D eigenvalue weighted by atomic mass is 19.1. The van der Waals surface area contributed by atoms with Crippen LogP contribution in [0, 0.1) is 11.7 Å². The van der Waals surface area contributed by atoms with Gasteiger partial charge >= 0.3 is 0 Å². The van der Waals surface area contributed by atoms with E-state index in [0.717, 1.165) is 18.4 Å². The smallest absolute Gasteiger partial charge is 0.166 e. The van der Waals surface area contributed by atoms with Crippen molar-refractivity contribution in [1.82, 2.24) is 4.90 Å². The standard InChI is InChI=1S/C28H35F2NO3/c1-5-8-22-16-28(30,14-18(2)31(22)17-19-9-6-7-10-24(19)29)15-21-11-20-12-25(33-3)26(34-4)13-23(20)27(21)32/h6-7,9-10,12-13,18,21-22H,5,8,11,14-17H2,1-4H3. The molecule has 0 aromatic heterocycles. The Morgan fingerprint density at radius 1 is 1.12 bits per heavy atom. The minimum absolute atomic E-state index is 0.0115. The van der Waals surface area contributed by atoms with Crippen LogP contribution in [0.25, 0.3) is 0 Å². The van der Waals surface area contributed by atoms with Crippen molar-refractivity contribution in [2.45, 2.75) is 76.7 Å². The van der Waals surface area contributed by atoms with Gasteiger partial charge < -0.3 is 9.47 Å². The van der Waals surface area contributed by atoms with Crippen LogP contribution in [0.15, 0.2) is 36.4 Å². The molecule has 0 saturated carbocycles. The molecule has 0 amide bonds. The first-order valence-electron chi connectivity index (χ1n) is 12.3. The van der Waals surface area contributed by atoms with Gasteiger partial charge in [0.2, 0.25) is 0 Å². The van der Waals surface area contributed by atoms with E-state index < -0.39 is 5.67 Å². The number of methoxy groups -OCH3 is 2. The molecule has 184 valence electrons. The summed E-state index contributed by atoms with van der Waals surface area (Å²) in [4.78, 5) is 15.4. The molecule has 4 rings (SSSR count). The predicted octanol–water partition coefficient (Wildman–Crippen LogP) is 6.15. The Hall–Kier alpha value is -2.47. The quantitative estimate of drug-likeness (QED) is 0.463. The van der Waals surface area contributed by atoms with E-state index >= 15 is 4.39 Å². The molecule has 4 nitrogen and oxygen atoms in total. The Balaban J connectivity index is 1.51. The van der Waals surface area contributed by atoms with E-state index in [1.165, 1.54) is 6.07 Å². The van der Waals surface area contributed by atoms with Crippen LogP contribution < -0.4 is 9.47 Å². The number of hydrogen-bond donors (Lipinski definition) is 0. The maximum atomic E-state index is 16.4. The molecule has 2 aromatic carbocycles. The lowest BCUT2D eigenvalue weighted by atomic mass is 9.76. The monoisotopic (exact) mass is 471 g/mol. The Morgan fingerprint density at radius 3 is 2.50 bits per heavy atom. The van der Waals surface area contributed by atoms with Crippen LogP contribution >= 0.6 is 0 Å². The van der Waals surface area contributed by atoms with Crippen LogP contribution in [0.3, 0.4) is 0 Å². The summed E-state index contributed by atoms with van der Waals surface area (Å²) in [5.41, 5.74) is 0.723. The zero-order chi connectivity index (χ0) is 24.5. The number of ketones is 1. The fourth-order valence-corrected chi connectivity index (χ4v) is 6.01. The molecule has 1 aliphatic carbocycles. The molecule has 2 aromatic rings. The molecule has 0 radical (unpaired) electrons. The molecular formula is C28H35F2NO3. The molecule has 1 fully saturated rings. The molecule has 1 saturated heterocycles. The fourth-order valence-electron chi connectivity index (χ4n) is 6.01. The highest BCUT2D eigenvalue weighted by Gasteiger charge is 2.47. The number of carbonyl (C=O) groups is 1. The van der Waals surface area contributed by atoms with Gasteiger partial charge in [-0.15, -0.1) is 0 Å². The second kappa shape index (κ2) is 10.0. The molecule has 4 unspecified atom stereocenters. The van der Waals surface area contributed by atoms with Gasteiger partial charge in [-0.25, -0.2) is 8.78 Å². The molecular weight excluding hydrogens is 436 g/mol. The average Bonchev–Trinajstić information content (AvgIpc) is 3.10. The number of ether oxygens (including phenoxy) is 2. The molecule has 0 bridgehead atoms. The minimum atomic E-state index is -1.43. The molecule has 0 N–H and O–H groups in total. The van der Waals surface area contributed by atoms with E-state index in [1.54, 1.807) is 32.4 Å². The Morgan fingerprint density at radius 2 is 1.82 bits per heavy atom. The largest absolute Gasteiger partial charge is 0.493 e.